The van der Waals surface area contributed by atoms with Crippen molar-refractivity contribution in [1.29, 1.82) is 0 Å². The van der Waals surface area contributed by atoms with Crippen molar-refractivity contribution in [3.8, 4) is 0 Å². The predicted octanol–water partition coefficient (Wildman–Crippen LogP) is 3.30. The van der Waals surface area contributed by atoms with Crippen LogP contribution in [0.2, 0.25) is 5.02 Å². The zero-order chi connectivity index (χ0) is 13.1. The Labute approximate surface area is 121 Å². The van der Waals surface area contributed by atoms with Crippen molar-refractivity contribution in [3.05, 3.63) is 34.9 Å². The molecule has 19 heavy (non-hydrogen) atoms. The molecule has 2 saturated heterocycles. The first kappa shape index (κ1) is 13.4. The second kappa shape index (κ2) is 6.25. The summed E-state index contributed by atoms with van der Waals surface area (Å²) in [6.07, 6.45) is 5.42. The summed E-state index contributed by atoms with van der Waals surface area (Å²) in [4.78, 5) is 2.55. The minimum Gasteiger partial charge on any atom is -0.314 e. The van der Waals surface area contributed by atoms with Gasteiger partial charge in [0.05, 0.1) is 0 Å². The molecule has 1 unspecified atom stereocenters. The van der Waals surface area contributed by atoms with Crippen LogP contribution in [0.3, 0.4) is 0 Å². The van der Waals surface area contributed by atoms with Crippen LogP contribution >= 0.6 is 11.6 Å². The van der Waals surface area contributed by atoms with E-state index in [-0.39, 0.29) is 0 Å². The Morgan fingerprint density at radius 2 is 1.95 bits per heavy atom. The predicted molar refractivity (Wildman–Crippen MR) is 80.5 cm³/mol. The summed E-state index contributed by atoms with van der Waals surface area (Å²) in [5.41, 5.74) is 1.27. The smallest absolute Gasteiger partial charge is 0.0451 e. The molecule has 2 fully saturated rings. The number of halogens is 1. The van der Waals surface area contributed by atoms with E-state index in [1.807, 2.05) is 12.1 Å². The highest BCUT2D eigenvalue weighted by atomic mass is 35.5. The molecule has 104 valence electrons. The summed E-state index contributed by atoms with van der Waals surface area (Å²) < 4.78 is 0. The maximum atomic E-state index is 6.24. The Morgan fingerprint density at radius 1 is 1.16 bits per heavy atom. The summed E-state index contributed by atoms with van der Waals surface area (Å²) in [7, 11) is 0. The first-order valence-corrected chi connectivity index (χ1v) is 7.90. The van der Waals surface area contributed by atoms with E-state index in [1.165, 1.54) is 50.9 Å². The van der Waals surface area contributed by atoms with Gasteiger partial charge < -0.3 is 5.32 Å². The molecule has 2 aliphatic rings. The fourth-order valence-electron chi connectivity index (χ4n) is 3.49. The average Bonchev–Trinajstić information content (AvgIpc) is 2.96. The Hall–Kier alpha value is -0.570. The van der Waals surface area contributed by atoms with Gasteiger partial charge in [0.25, 0.3) is 0 Å². The van der Waals surface area contributed by atoms with Gasteiger partial charge in [-0.3, -0.25) is 4.90 Å². The molecular formula is C16H23ClN2. The van der Waals surface area contributed by atoms with E-state index in [2.05, 4.69) is 22.3 Å². The van der Waals surface area contributed by atoms with Gasteiger partial charge in [-0.05, 0) is 62.9 Å². The van der Waals surface area contributed by atoms with Gasteiger partial charge in [0.2, 0.25) is 0 Å². The van der Waals surface area contributed by atoms with Crippen molar-refractivity contribution in [3.63, 3.8) is 0 Å². The van der Waals surface area contributed by atoms with Gasteiger partial charge in [0.1, 0.15) is 0 Å². The highest BCUT2D eigenvalue weighted by molar-refractivity contribution is 6.31. The zero-order valence-electron chi connectivity index (χ0n) is 11.4. The van der Waals surface area contributed by atoms with Gasteiger partial charge in [-0.25, -0.2) is 0 Å². The SMILES string of the molecule is Clc1ccccc1CN1CCC(C2CCCN2)CC1. The van der Waals surface area contributed by atoms with Crippen molar-refractivity contribution in [1.82, 2.24) is 10.2 Å². The summed E-state index contributed by atoms with van der Waals surface area (Å²) in [5.74, 6) is 0.894. The molecule has 3 rings (SSSR count). The van der Waals surface area contributed by atoms with Crippen LogP contribution in [0.15, 0.2) is 24.3 Å². The van der Waals surface area contributed by atoms with Gasteiger partial charge >= 0.3 is 0 Å². The lowest BCUT2D eigenvalue weighted by atomic mass is 9.88. The molecule has 0 radical (unpaired) electrons. The summed E-state index contributed by atoms with van der Waals surface area (Å²) in [6.45, 7) is 4.66. The van der Waals surface area contributed by atoms with Gasteiger partial charge in [0, 0.05) is 17.6 Å². The van der Waals surface area contributed by atoms with Crippen LogP contribution in [0.4, 0.5) is 0 Å². The number of piperidine rings is 1. The average molecular weight is 279 g/mol. The van der Waals surface area contributed by atoms with Crippen molar-refractivity contribution < 1.29 is 0 Å². The molecule has 0 bridgehead atoms. The first-order valence-electron chi connectivity index (χ1n) is 7.52. The molecule has 0 aliphatic carbocycles. The second-order valence-electron chi connectivity index (χ2n) is 5.91. The Bertz CT molecular complexity index is 407. The van der Waals surface area contributed by atoms with E-state index in [0.717, 1.165) is 23.5 Å². The lowest BCUT2D eigenvalue weighted by Gasteiger charge is -2.35. The van der Waals surface area contributed by atoms with Crippen molar-refractivity contribution in [2.24, 2.45) is 5.92 Å². The van der Waals surface area contributed by atoms with Gasteiger partial charge in [-0.1, -0.05) is 29.8 Å². The van der Waals surface area contributed by atoms with Gasteiger partial charge in [-0.15, -0.1) is 0 Å². The van der Waals surface area contributed by atoms with Crippen LogP contribution in [0.1, 0.15) is 31.2 Å². The lowest BCUT2D eigenvalue weighted by molar-refractivity contribution is 0.157. The summed E-state index contributed by atoms with van der Waals surface area (Å²) in [5, 5.41) is 4.57. The van der Waals surface area contributed by atoms with Gasteiger partial charge in [0.15, 0.2) is 0 Å². The van der Waals surface area contributed by atoms with Crippen LogP contribution < -0.4 is 5.32 Å². The number of rotatable bonds is 3. The molecule has 1 N–H and O–H groups in total. The second-order valence-corrected chi connectivity index (χ2v) is 6.32. The fourth-order valence-corrected chi connectivity index (χ4v) is 3.69. The topological polar surface area (TPSA) is 15.3 Å². The fraction of sp³-hybridized carbons (Fsp3) is 0.625. The molecule has 1 atom stereocenters. The monoisotopic (exact) mass is 278 g/mol. The minimum atomic E-state index is 0.794. The largest absolute Gasteiger partial charge is 0.314 e. The third-order valence-corrected chi connectivity index (χ3v) is 5.02. The van der Waals surface area contributed by atoms with Crippen molar-refractivity contribution in [2.75, 3.05) is 19.6 Å². The van der Waals surface area contributed by atoms with Crippen molar-refractivity contribution in [2.45, 2.75) is 38.3 Å². The van der Waals surface area contributed by atoms with Crippen LogP contribution in [0, 0.1) is 5.92 Å². The molecule has 0 saturated carbocycles. The normalized spacial score (nSPS) is 25.8. The number of nitrogens with zero attached hydrogens (tertiary/aromatic N) is 1. The molecule has 2 nitrogen and oxygen atoms in total. The summed E-state index contributed by atoms with van der Waals surface area (Å²) in [6, 6.07) is 9.02. The molecule has 3 heteroatoms. The van der Waals surface area contributed by atoms with E-state index in [4.69, 9.17) is 11.6 Å². The van der Waals surface area contributed by atoms with E-state index in [0.29, 0.717) is 0 Å². The maximum absolute atomic E-state index is 6.24. The molecule has 1 aromatic rings. The van der Waals surface area contributed by atoms with Crippen LogP contribution in [0.25, 0.3) is 0 Å². The number of hydrogen-bond acceptors (Lipinski definition) is 2. The highest BCUT2D eigenvalue weighted by Gasteiger charge is 2.28. The first-order chi connectivity index (χ1) is 9.33. The van der Waals surface area contributed by atoms with Crippen LogP contribution in [0.5, 0.6) is 0 Å². The lowest BCUT2D eigenvalue weighted by Crippen LogP contribution is -2.40. The Balaban J connectivity index is 1.51. The van der Waals surface area contributed by atoms with E-state index in [9.17, 15) is 0 Å². The maximum Gasteiger partial charge on any atom is 0.0451 e. The van der Waals surface area contributed by atoms with E-state index in [1.54, 1.807) is 0 Å². The van der Waals surface area contributed by atoms with Crippen LogP contribution in [-0.2, 0) is 6.54 Å². The van der Waals surface area contributed by atoms with E-state index < -0.39 is 0 Å². The minimum absolute atomic E-state index is 0.794. The number of hydrogen-bond donors (Lipinski definition) is 1. The van der Waals surface area contributed by atoms with Crippen LogP contribution in [-0.4, -0.2) is 30.6 Å². The zero-order valence-corrected chi connectivity index (χ0v) is 12.2. The Morgan fingerprint density at radius 3 is 2.63 bits per heavy atom. The van der Waals surface area contributed by atoms with Crippen molar-refractivity contribution >= 4 is 11.6 Å². The third-order valence-electron chi connectivity index (χ3n) is 4.65. The Kier molecular flexibility index (Phi) is 4.42. The third kappa shape index (κ3) is 3.31. The molecule has 0 spiro atoms. The molecule has 2 aliphatic heterocycles. The number of likely N-dealkylation sites (tertiary alicyclic amines) is 1. The number of benzene rings is 1. The van der Waals surface area contributed by atoms with Gasteiger partial charge in [-0.2, -0.15) is 0 Å². The standard InChI is InChI=1S/C16H23ClN2/c17-15-5-2-1-4-14(15)12-19-10-7-13(8-11-19)16-6-3-9-18-16/h1-2,4-5,13,16,18H,3,6-12H2. The molecular weight excluding hydrogens is 256 g/mol. The quantitative estimate of drug-likeness (QED) is 0.913. The molecule has 0 amide bonds. The van der Waals surface area contributed by atoms with E-state index >= 15 is 0 Å². The number of nitrogens with one attached hydrogen (secondary N) is 1. The molecule has 2 heterocycles. The molecule has 0 aromatic heterocycles. The molecule has 1 aromatic carbocycles. The summed E-state index contributed by atoms with van der Waals surface area (Å²) >= 11 is 6.24. The highest BCUT2D eigenvalue weighted by Crippen LogP contribution is 2.27.